The number of pyridine rings is 1. The summed E-state index contributed by atoms with van der Waals surface area (Å²) in [6, 6.07) is 6.58. The second-order valence-electron chi connectivity index (χ2n) is 6.63. The first kappa shape index (κ1) is 18.0. The Hall–Kier alpha value is -2.85. The number of rotatable bonds is 2. The van der Waals surface area contributed by atoms with Gasteiger partial charge in [0.25, 0.3) is 5.91 Å². The number of hydrogen-bond donors (Lipinski definition) is 0. The van der Waals surface area contributed by atoms with Crippen molar-refractivity contribution in [2.24, 2.45) is 0 Å². The fraction of sp³-hybridized carbons (Fsp3) is 0.263. The number of anilines is 2. The number of carbonyl (C=O) groups excluding carboxylic acids is 1. The minimum atomic E-state index is -0.993. The third-order valence-electron chi connectivity index (χ3n) is 4.52. The number of hydrogen-bond acceptors (Lipinski definition) is 3. The summed E-state index contributed by atoms with van der Waals surface area (Å²) in [6.45, 7) is 14.0. The van der Waals surface area contributed by atoms with E-state index in [1.54, 1.807) is 24.9 Å². The van der Waals surface area contributed by atoms with Gasteiger partial charge >= 0.3 is 0 Å². The highest BCUT2D eigenvalue weighted by atomic mass is 32.1. The summed E-state index contributed by atoms with van der Waals surface area (Å²) in [6.07, 6.45) is 1.64. The van der Waals surface area contributed by atoms with Gasteiger partial charge in [0.15, 0.2) is 10.8 Å². The van der Waals surface area contributed by atoms with Crippen molar-refractivity contribution >= 4 is 40.3 Å². The summed E-state index contributed by atoms with van der Waals surface area (Å²) in [5, 5.41) is 0.180. The largest absolute Gasteiger partial charge is 0.302 e. The molecule has 1 aromatic carbocycles. The van der Waals surface area contributed by atoms with Crippen molar-refractivity contribution in [3.63, 3.8) is 0 Å². The highest BCUT2D eigenvalue weighted by Crippen LogP contribution is 2.38. The monoisotopic (exact) mass is 368 g/mol. The van der Waals surface area contributed by atoms with Crippen molar-refractivity contribution in [2.45, 2.75) is 33.2 Å². The zero-order chi connectivity index (χ0) is 19.2. The third-order valence-corrected chi connectivity index (χ3v) is 4.89. The van der Waals surface area contributed by atoms with Crippen LogP contribution in [0.3, 0.4) is 0 Å². The number of carbonyl (C=O) groups is 1. The summed E-state index contributed by atoms with van der Waals surface area (Å²) in [5.74, 6) is -0.953. The highest BCUT2D eigenvalue weighted by Gasteiger charge is 2.51. The molecule has 0 atom stereocenters. The number of halogens is 1. The van der Waals surface area contributed by atoms with Crippen molar-refractivity contribution in [2.75, 3.05) is 9.80 Å². The first-order valence-corrected chi connectivity index (χ1v) is 8.39. The summed E-state index contributed by atoms with van der Waals surface area (Å²) >= 11 is 5.53. The van der Waals surface area contributed by atoms with Gasteiger partial charge in [-0.05, 0) is 63.7 Å². The maximum absolute atomic E-state index is 14.9. The first-order chi connectivity index (χ1) is 12.2. The van der Waals surface area contributed by atoms with E-state index in [0.717, 1.165) is 5.69 Å². The van der Waals surface area contributed by atoms with Gasteiger partial charge in [0, 0.05) is 5.69 Å². The van der Waals surface area contributed by atoms with E-state index >= 15 is 0 Å². The van der Waals surface area contributed by atoms with E-state index in [2.05, 4.69) is 9.83 Å². The normalized spacial score (nSPS) is 16.2. The summed E-state index contributed by atoms with van der Waals surface area (Å²) in [5.41, 5.74) is 0.976. The molecule has 3 rings (SSSR count). The quantitative estimate of drug-likeness (QED) is 0.585. The predicted molar refractivity (Wildman–Crippen MR) is 103 cm³/mol. The van der Waals surface area contributed by atoms with Gasteiger partial charge < -0.3 is 4.90 Å². The number of aromatic nitrogens is 1. The lowest BCUT2D eigenvalue weighted by Crippen LogP contribution is -2.44. The lowest BCUT2D eigenvalue weighted by molar-refractivity contribution is -0.120. The molecule has 0 unspecified atom stereocenters. The lowest BCUT2D eigenvalue weighted by atomic mass is 10.0. The molecular formula is C19H17FN4OS. The number of amides is 1. The van der Waals surface area contributed by atoms with Crippen LogP contribution in [0.25, 0.3) is 4.85 Å². The van der Waals surface area contributed by atoms with Crippen LogP contribution in [0.1, 0.15) is 25.1 Å². The Labute approximate surface area is 156 Å². The van der Waals surface area contributed by atoms with Crippen LogP contribution >= 0.6 is 12.2 Å². The van der Waals surface area contributed by atoms with Crippen molar-refractivity contribution in [3.8, 4) is 0 Å². The zero-order valence-corrected chi connectivity index (χ0v) is 15.7. The van der Waals surface area contributed by atoms with Crippen LogP contribution in [0.5, 0.6) is 0 Å². The Morgan fingerprint density at radius 3 is 2.50 bits per heavy atom. The van der Waals surface area contributed by atoms with Crippen LogP contribution < -0.4 is 9.80 Å². The van der Waals surface area contributed by atoms with E-state index in [1.807, 2.05) is 19.1 Å². The summed E-state index contributed by atoms with van der Waals surface area (Å²) in [4.78, 5) is 23.5. The maximum atomic E-state index is 14.9. The van der Waals surface area contributed by atoms with Gasteiger partial charge in [-0.25, -0.2) is 9.24 Å². The van der Waals surface area contributed by atoms with Gasteiger partial charge in [0.2, 0.25) is 0 Å². The van der Waals surface area contributed by atoms with E-state index in [0.29, 0.717) is 5.69 Å². The Bertz CT molecular complexity index is 963. The minimum absolute atomic E-state index is 0.0561. The second-order valence-corrected chi connectivity index (χ2v) is 7.00. The van der Waals surface area contributed by atoms with E-state index < -0.39 is 11.4 Å². The molecule has 0 spiro atoms. The first-order valence-electron chi connectivity index (χ1n) is 7.98. The van der Waals surface area contributed by atoms with Crippen LogP contribution in [0.4, 0.5) is 21.5 Å². The van der Waals surface area contributed by atoms with Gasteiger partial charge in [0.05, 0.1) is 24.1 Å². The molecule has 5 nitrogen and oxygen atoms in total. The molecule has 0 saturated carbocycles. The number of aryl methyl sites for hydroxylation is 1. The average Bonchev–Trinajstić information content (AvgIpc) is 2.77. The Kier molecular flexibility index (Phi) is 4.24. The zero-order valence-electron chi connectivity index (χ0n) is 14.9. The lowest BCUT2D eigenvalue weighted by Gasteiger charge is -2.29. The molecule has 1 fully saturated rings. The molecule has 2 heterocycles. The van der Waals surface area contributed by atoms with Gasteiger partial charge in [0.1, 0.15) is 11.4 Å². The molecule has 1 aliphatic heterocycles. The molecule has 0 aliphatic carbocycles. The van der Waals surface area contributed by atoms with Crippen LogP contribution in [0.15, 0.2) is 30.5 Å². The van der Waals surface area contributed by atoms with Crippen LogP contribution in [0, 0.1) is 26.2 Å². The van der Waals surface area contributed by atoms with Gasteiger partial charge in [-0.3, -0.25) is 14.7 Å². The van der Waals surface area contributed by atoms with E-state index in [9.17, 15) is 9.18 Å². The van der Waals surface area contributed by atoms with E-state index in [4.69, 9.17) is 18.8 Å². The van der Waals surface area contributed by atoms with Crippen LogP contribution in [0.2, 0.25) is 0 Å². The third kappa shape index (κ3) is 2.54. The van der Waals surface area contributed by atoms with Crippen molar-refractivity contribution < 1.29 is 9.18 Å². The van der Waals surface area contributed by atoms with E-state index in [1.165, 1.54) is 24.0 Å². The van der Waals surface area contributed by atoms with Gasteiger partial charge in [-0.15, -0.1) is 0 Å². The number of thiocarbonyl (C=S) groups is 1. The molecule has 7 heteroatoms. The molecule has 1 aliphatic rings. The standard InChI is InChI=1S/C19H17FN4OS/c1-11-6-7-13(10-22-11)24-18(26)23(17(25)19(24,3)4)15-9-8-14(21-5)12(2)16(15)20/h6-10H,1-4H3. The Morgan fingerprint density at radius 1 is 1.23 bits per heavy atom. The molecule has 2 aromatic rings. The summed E-state index contributed by atoms with van der Waals surface area (Å²) in [7, 11) is 0. The SMILES string of the molecule is [C-]#[N+]c1ccc(N2C(=O)C(C)(C)N(c3ccc(C)nc3)C2=S)c(F)c1C. The number of benzene rings is 1. The molecule has 26 heavy (non-hydrogen) atoms. The molecular weight excluding hydrogens is 351 g/mol. The molecule has 0 bridgehead atoms. The Morgan fingerprint density at radius 2 is 1.92 bits per heavy atom. The van der Waals surface area contributed by atoms with Gasteiger partial charge in [-0.1, -0.05) is 6.07 Å². The maximum Gasteiger partial charge on any atom is 0.259 e. The summed E-state index contributed by atoms with van der Waals surface area (Å²) < 4.78 is 14.9. The van der Waals surface area contributed by atoms with Crippen molar-refractivity contribution in [1.82, 2.24) is 4.98 Å². The molecule has 0 radical (unpaired) electrons. The molecule has 132 valence electrons. The van der Waals surface area contributed by atoms with Crippen LogP contribution in [-0.2, 0) is 4.79 Å². The smallest absolute Gasteiger partial charge is 0.259 e. The molecule has 1 saturated heterocycles. The molecule has 0 N–H and O–H groups in total. The topological polar surface area (TPSA) is 40.8 Å². The van der Waals surface area contributed by atoms with Crippen LogP contribution in [-0.4, -0.2) is 21.5 Å². The number of nitrogens with zero attached hydrogens (tertiary/aromatic N) is 4. The van der Waals surface area contributed by atoms with Crippen molar-refractivity contribution in [1.29, 1.82) is 0 Å². The van der Waals surface area contributed by atoms with Crippen molar-refractivity contribution in [3.05, 3.63) is 59.0 Å². The molecule has 1 amide bonds. The molecule has 1 aromatic heterocycles. The Balaban J connectivity index is 2.13. The fourth-order valence-electron chi connectivity index (χ4n) is 2.99. The minimum Gasteiger partial charge on any atom is -0.302 e. The fourth-order valence-corrected chi connectivity index (χ4v) is 3.50. The van der Waals surface area contributed by atoms with E-state index in [-0.39, 0.29) is 28.0 Å². The van der Waals surface area contributed by atoms with Gasteiger partial charge in [-0.2, -0.15) is 0 Å². The average molecular weight is 368 g/mol. The second kappa shape index (κ2) is 6.15. The highest BCUT2D eigenvalue weighted by molar-refractivity contribution is 7.81. The predicted octanol–water partition coefficient (Wildman–Crippen LogP) is 4.31.